The van der Waals surface area contributed by atoms with Crippen molar-refractivity contribution in [2.45, 2.75) is 50.4 Å². The molecule has 1 aliphatic carbocycles. The molecule has 3 aromatic carbocycles. The number of nitrogens with zero attached hydrogens (tertiary/aromatic N) is 3. The van der Waals surface area contributed by atoms with Gasteiger partial charge in [0.1, 0.15) is 0 Å². The fourth-order valence-corrected chi connectivity index (χ4v) is 4.96. The number of rotatable bonds is 9. The largest absolute Gasteiger partial charge is 0.0940 e. The zero-order chi connectivity index (χ0) is 20.7. The van der Waals surface area contributed by atoms with Crippen LogP contribution in [0.3, 0.4) is 0 Å². The smallest absolute Gasteiger partial charge is 0.0258 e. The molecule has 1 aliphatic rings. The predicted octanol–water partition coefficient (Wildman–Crippen LogP) is 6.99. The van der Waals surface area contributed by atoms with E-state index in [1.165, 1.54) is 28.7 Å². The monoisotopic (exact) mass is 395 g/mol. The summed E-state index contributed by atoms with van der Waals surface area (Å²) < 4.78 is 0. The van der Waals surface area contributed by atoms with Crippen LogP contribution >= 0.6 is 0 Å². The van der Waals surface area contributed by atoms with Crippen LogP contribution in [-0.4, -0.2) is 6.54 Å². The van der Waals surface area contributed by atoms with Crippen molar-refractivity contribution in [1.29, 1.82) is 0 Å². The molecule has 0 unspecified atom stereocenters. The Morgan fingerprint density at radius 2 is 1.47 bits per heavy atom. The molecule has 3 aromatic rings. The van der Waals surface area contributed by atoms with Crippen LogP contribution in [0.1, 0.15) is 47.1 Å². The zero-order valence-electron chi connectivity index (χ0n) is 17.5. The van der Waals surface area contributed by atoms with E-state index < -0.39 is 0 Å². The predicted molar refractivity (Wildman–Crippen MR) is 124 cm³/mol. The molecule has 0 aromatic heterocycles. The third-order valence-corrected chi connectivity index (χ3v) is 6.43. The van der Waals surface area contributed by atoms with Gasteiger partial charge in [0, 0.05) is 16.9 Å². The van der Waals surface area contributed by atoms with Gasteiger partial charge in [0.05, 0.1) is 0 Å². The summed E-state index contributed by atoms with van der Waals surface area (Å²) in [5.74, 6) is 0. The fraction of sp³-hybridized carbons (Fsp3) is 0.333. The van der Waals surface area contributed by atoms with Crippen LogP contribution in [0.5, 0.6) is 0 Å². The van der Waals surface area contributed by atoms with Crippen LogP contribution in [0.25, 0.3) is 10.4 Å². The Bertz CT molecular complexity index is 963. The molecule has 0 saturated heterocycles. The molecule has 0 N–H and O–H groups in total. The number of fused-ring (bicyclic) bond motifs is 1. The van der Waals surface area contributed by atoms with Gasteiger partial charge >= 0.3 is 0 Å². The van der Waals surface area contributed by atoms with Crippen LogP contribution in [0.2, 0.25) is 0 Å². The van der Waals surface area contributed by atoms with E-state index >= 15 is 0 Å². The molecule has 0 amide bonds. The lowest BCUT2D eigenvalue weighted by Crippen LogP contribution is -2.29. The van der Waals surface area contributed by atoms with Gasteiger partial charge in [0.25, 0.3) is 0 Å². The van der Waals surface area contributed by atoms with Crippen LogP contribution in [0.15, 0.2) is 84.0 Å². The first-order chi connectivity index (χ1) is 14.8. The summed E-state index contributed by atoms with van der Waals surface area (Å²) >= 11 is 0. The van der Waals surface area contributed by atoms with Gasteiger partial charge < -0.3 is 0 Å². The molecular formula is C27H29N3. The minimum Gasteiger partial charge on any atom is -0.0940 e. The average molecular weight is 396 g/mol. The van der Waals surface area contributed by atoms with Crippen molar-refractivity contribution in [2.24, 2.45) is 5.11 Å². The zero-order valence-corrected chi connectivity index (χ0v) is 17.5. The van der Waals surface area contributed by atoms with E-state index in [1.807, 2.05) is 0 Å². The van der Waals surface area contributed by atoms with E-state index in [-0.39, 0.29) is 5.41 Å². The molecular weight excluding hydrogens is 366 g/mol. The van der Waals surface area contributed by atoms with E-state index in [4.69, 9.17) is 5.53 Å². The standard InChI is InChI=1S/C27H29N3/c28-30-29-18-8-7-9-22-14-15-25-16-17-27(26(25)19-22,20-23-10-3-1-4-11-23)21-24-12-5-2-6-13-24/h1-6,10-15,19H,7-9,16-18,20-21H2. The maximum absolute atomic E-state index is 8.45. The summed E-state index contributed by atoms with van der Waals surface area (Å²) in [7, 11) is 0. The molecule has 0 spiro atoms. The van der Waals surface area contributed by atoms with Gasteiger partial charge in [-0.2, -0.15) is 0 Å². The summed E-state index contributed by atoms with van der Waals surface area (Å²) in [5.41, 5.74) is 15.9. The first kappa shape index (κ1) is 20.3. The van der Waals surface area contributed by atoms with Crippen molar-refractivity contribution in [1.82, 2.24) is 0 Å². The first-order valence-electron chi connectivity index (χ1n) is 11.0. The van der Waals surface area contributed by atoms with E-state index in [0.717, 1.165) is 38.5 Å². The van der Waals surface area contributed by atoms with Gasteiger partial charge in [-0.15, -0.1) is 0 Å². The number of unbranched alkanes of at least 4 members (excludes halogenated alkanes) is 1. The SMILES string of the molecule is [N-]=[N+]=NCCCCc1ccc2c(c1)C(Cc1ccccc1)(Cc1ccccc1)CC2. The lowest BCUT2D eigenvalue weighted by atomic mass is 9.72. The van der Waals surface area contributed by atoms with Crippen molar-refractivity contribution in [2.75, 3.05) is 6.54 Å². The minimum absolute atomic E-state index is 0.152. The van der Waals surface area contributed by atoms with Crippen LogP contribution in [0, 0.1) is 0 Å². The second-order valence-electron chi connectivity index (χ2n) is 8.51. The van der Waals surface area contributed by atoms with Crippen molar-refractivity contribution in [3.63, 3.8) is 0 Å². The summed E-state index contributed by atoms with van der Waals surface area (Å²) in [6, 6.07) is 29.0. The Morgan fingerprint density at radius 3 is 2.10 bits per heavy atom. The molecule has 0 aliphatic heterocycles. The van der Waals surface area contributed by atoms with Gasteiger partial charge in [-0.25, -0.2) is 0 Å². The second-order valence-corrected chi connectivity index (χ2v) is 8.51. The molecule has 4 rings (SSSR count). The van der Waals surface area contributed by atoms with Gasteiger partial charge in [-0.3, -0.25) is 0 Å². The molecule has 0 saturated carbocycles. The van der Waals surface area contributed by atoms with Crippen LogP contribution in [0.4, 0.5) is 0 Å². The quantitative estimate of drug-likeness (QED) is 0.162. The third kappa shape index (κ3) is 4.75. The van der Waals surface area contributed by atoms with Gasteiger partial charge in [0.15, 0.2) is 0 Å². The Balaban J connectivity index is 1.62. The number of aryl methyl sites for hydroxylation is 2. The highest BCUT2D eigenvalue weighted by Gasteiger charge is 2.38. The molecule has 0 atom stereocenters. The Labute approximate surface area is 179 Å². The third-order valence-electron chi connectivity index (χ3n) is 6.43. The lowest BCUT2D eigenvalue weighted by Gasteiger charge is -2.32. The first-order valence-corrected chi connectivity index (χ1v) is 11.0. The van der Waals surface area contributed by atoms with Crippen molar-refractivity contribution in [3.8, 4) is 0 Å². The molecule has 0 bridgehead atoms. The lowest BCUT2D eigenvalue weighted by molar-refractivity contribution is 0.417. The summed E-state index contributed by atoms with van der Waals surface area (Å²) in [6.07, 6.45) is 7.56. The maximum Gasteiger partial charge on any atom is 0.0258 e. The van der Waals surface area contributed by atoms with Crippen molar-refractivity contribution < 1.29 is 0 Å². The molecule has 0 heterocycles. The highest BCUT2D eigenvalue weighted by molar-refractivity contribution is 5.45. The number of hydrogen-bond donors (Lipinski definition) is 0. The van der Waals surface area contributed by atoms with Crippen molar-refractivity contribution >= 4 is 0 Å². The van der Waals surface area contributed by atoms with Gasteiger partial charge in [-0.05, 0) is 78.3 Å². The Morgan fingerprint density at radius 1 is 0.800 bits per heavy atom. The Hall–Kier alpha value is -3.03. The second kappa shape index (κ2) is 9.65. The van der Waals surface area contributed by atoms with E-state index in [1.54, 1.807) is 5.56 Å². The van der Waals surface area contributed by atoms with Crippen LogP contribution in [-0.2, 0) is 31.1 Å². The highest BCUT2D eigenvalue weighted by Crippen LogP contribution is 2.44. The topological polar surface area (TPSA) is 48.8 Å². The maximum atomic E-state index is 8.45. The Kier molecular flexibility index (Phi) is 6.51. The molecule has 3 heteroatoms. The van der Waals surface area contributed by atoms with Gasteiger partial charge in [-0.1, -0.05) is 84.0 Å². The number of benzene rings is 3. The summed E-state index contributed by atoms with van der Waals surface area (Å²) in [5, 5.41) is 3.66. The van der Waals surface area contributed by atoms with E-state index in [2.05, 4.69) is 88.9 Å². The summed E-state index contributed by atoms with van der Waals surface area (Å²) in [6.45, 7) is 0.591. The minimum atomic E-state index is 0.152. The molecule has 3 nitrogen and oxygen atoms in total. The molecule has 0 fully saturated rings. The van der Waals surface area contributed by atoms with Crippen LogP contribution < -0.4 is 0 Å². The normalized spacial score (nSPS) is 14.1. The molecule has 152 valence electrons. The number of azide groups is 1. The highest BCUT2D eigenvalue weighted by atomic mass is 15.1. The van der Waals surface area contributed by atoms with E-state index in [9.17, 15) is 0 Å². The van der Waals surface area contributed by atoms with E-state index in [0.29, 0.717) is 6.54 Å². The average Bonchev–Trinajstić information content (AvgIpc) is 3.12. The van der Waals surface area contributed by atoms with Gasteiger partial charge in [0.2, 0.25) is 0 Å². The molecule has 0 radical (unpaired) electrons. The fourth-order valence-electron chi connectivity index (χ4n) is 4.96. The molecule has 30 heavy (non-hydrogen) atoms. The summed E-state index contributed by atoms with van der Waals surface area (Å²) in [4.78, 5) is 2.85. The number of hydrogen-bond acceptors (Lipinski definition) is 1. The van der Waals surface area contributed by atoms with Crippen molar-refractivity contribution in [3.05, 3.63) is 117 Å².